The van der Waals surface area contributed by atoms with Crippen LogP contribution >= 0.6 is 11.8 Å². The number of nitrogens with zero attached hydrogens (tertiary/aromatic N) is 1. The minimum absolute atomic E-state index is 0.185. The Bertz CT molecular complexity index is 574. The third-order valence-corrected chi connectivity index (χ3v) is 4.40. The van der Waals surface area contributed by atoms with Crippen molar-refractivity contribution < 1.29 is 4.39 Å². The fourth-order valence-corrected chi connectivity index (χ4v) is 3.18. The summed E-state index contributed by atoms with van der Waals surface area (Å²) >= 11 is 1.67. The zero-order valence-corrected chi connectivity index (χ0v) is 13.3. The molecule has 1 atom stereocenters. The smallest absolute Gasteiger partial charge is 0.124 e. The van der Waals surface area contributed by atoms with Gasteiger partial charge in [0.25, 0.3) is 0 Å². The van der Waals surface area contributed by atoms with Crippen molar-refractivity contribution in [2.45, 2.75) is 31.2 Å². The van der Waals surface area contributed by atoms with Crippen LogP contribution in [0.5, 0.6) is 0 Å². The maximum Gasteiger partial charge on any atom is 0.124 e. The molecule has 1 heterocycles. The van der Waals surface area contributed by atoms with Gasteiger partial charge in [-0.3, -0.25) is 4.98 Å². The Morgan fingerprint density at radius 3 is 2.90 bits per heavy atom. The molecule has 0 saturated carbocycles. The number of halogens is 1. The van der Waals surface area contributed by atoms with Crippen molar-refractivity contribution in [2.24, 2.45) is 0 Å². The zero-order chi connectivity index (χ0) is 15.1. The Morgan fingerprint density at radius 2 is 2.19 bits per heavy atom. The van der Waals surface area contributed by atoms with E-state index in [1.807, 2.05) is 24.5 Å². The van der Waals surface area contributed by atoms with Crippen molar-refractivity contribution in [2.75, 3.05) is 12.3 Å². The highest BCUT2D eigenvalue weighted by Crippen LogP contribution is 2.26. The van der Waals surface area contributed by atoms with Crippen LogP contribution in [0.1, 0.15) is 30.5 Å². The number of aryl methyl sites for hydroxylation is 1. The zero-order valence-electron chi connectivity index (χ0n) is 12.5. The fourth-order valence-electron chi connectivity index (χ4n) is 2.15. The molecule has 112 valence electrons. The third kappa shape index (κ3) is 4.83. The molecule has 0 aliphatic rings. The highest BCUT2D eigenvalue weighted by Gasteiger charge is 2.13. The summed E-state index contributed by atoms with van der Waals surface area (Å²) in [4.78, 5) is 5.19. The maximum atomic E-state index is 13.2. The number of hydrogen-bond donors (Lipinski definition) is 1. The summed E-state index contributed by atoms with van der Waals surface area (Å²) in [6.45, 7) is 5.22. The van der Waals surface area contributed by atoms with Gasteiger partial charge in [0, 0.05) is 29.1 Å². The van der Waals surface area contributed by atoms with Gasteiger partial charge in [0.1, 0.15) is 5.82 Å². The second-order valence-corrected chi connectivity index (χ2v) is 6.10. The van der Waals surface area contributed by atoms with Gasteiger partial charge in [0.15, 0.2) is 0 Å². The number of nitrogens with one attached hydrogen (secondary N) is 1. The first-order chi connectivity index (χ1) is 10.2. The lowest BCUT2D eigenvalue weighted by atomic mass is 10.1. The van der Waals surface area contributed by atoms with Crippen LogP contribution in [-0.4, -0.2) is 17.3 Å². The van der Waals surface area contributed by atoms with Gasteiger partial charge >= 0.3 is 0 Å². The number of rotatable bonds is 7. The number of benzene rings is 1. The van der Waals surface area contributed by atoms with Crippen LogP contribution in [0.2, 0.25) is 0 Å². The van der Waals surface area contributed by atoms with E-state index in [0.29, 0.717) is 0 Å². The average Bonchev–Trinajstić information content (AvgIpc) is 2.48. The van der Waals surface area contributed by atoms with E-state index in [1.165, 1.54) is 17.2 Å². The van der Waals surface area contributed by atoms with E-state index in [2.05, 4.69) is 24.1 Å². The summed E-state index contributed by atoms with van der Waals surface area (Å²) in [6.07, 6.45) is 4.82. The first-order valence-electron chi connectivity index (χ1n) is 7.23. The van der Waals surface area contributed by atoms with E-state index in [-0.39, 0.29) is 11.9 Å². The summed E-state index contributed by atoms with van der Waals surface area (Å²) in [5, 5.41) is 3.56. The van der Waals surface area contributed by atoms with Gasteiger partial charge in [0.05, 0.1) is 0 Å². The van der Waals surface area contributed by atoms with E-state index < -0.39 is 0 Å². The van der Waals surface area contributed by atoms with Crippen molar-refractivity contribution in [3.8, 4) is 0 Å². The molecule has 0 radical (unpaired) electrons. The standard InChI is InChI=1S/C17H21FN2S/c1-3-8-20-17(16-11-19-9-7-13(16)2)12-21-15-6-4-5-14(18)10-15/h4-7,9-11,17,20H,3,8,12H2,1-2H3. The lowest BCUT2D eigenvalue weighted by Gasteiger charge is -2.20. The molecule has 2 aromatic rings. The Morgan fingerprint density at radius 1 is 1.33 bits per heavy atom. The number of hydrogen-bond acceptors (Lipinski definition) is 3. The van der Waals surface area contributed by atoms with Gasteiger partial charge in [-0.15, -0.1) is 11.8 Å². The molecule has 2 nitrogen and oxygen atoms in total. The number of pyridine rings is 1. The van der Waals surface area contributed by atoms with Crippen molar-refractivity contribution in [3.63, 3.8) is 0 Å². The molecule has 4 heteroatoms. The van der Waals surface area contributed by atoms with Crippen LogP contribution in [0, 0.1) is 12.7 Å². The molecule has 0 amide bonds. The van der Waals surface area contributed by atoms with Crippen molar-refractivity contribution >= 4 is 11.8 Å². The number of thioether (sulfide) groups is 1. The topological polar surface area (TPSA) is 24.9 Å². The lowest BCUT2D eigenvalue weighted by Crippen LogP contribution is -2.25. The minimum atomic E-state index is -0.185. The molecule has 2 rings (SSSR count). The van der Waals surface area contributed by atoms with Crippen LogP contribution in [0.3, 0.4) is 0 Å². The van der Waals surface area contributed by atoms with Crippen LogP contribution in [0.25, 0.3) is 0 Å². The Labute approximate surface area is 130 Å². The van der Waals surface area contributed by atoms with E-state index in [4.69, 9.17) is 0 Å². The summed E-state index contributed by atoms with van der Waals surface area (Å²) in [7, 11) is 0. The van der Waals surface area contributed by atoms with Crippen molar-refractivity contribution in [1.29, 1.82) is 0 Å². The third-order valence-electron chi connectivity index (χ3n) is 3.31. The predicted molar refractivity (Wildman–Crippen MR) is 87.1 cm³/mol. The molecule has 0 aliphatic heterocycles. The van der Waals surface area contributed by atoms with E-state index >= 15 is 0 Å². The summed E-state index contributed by atoms with van der Waals surface area (Å²) in [6, 6.07) is 9.01. The molecule has 1 aromatic heterocycles. The largest absolute Gasteiger partial charge is 0.309 e. The predicted octanol–water partition coefficient (Wildman–Crippen LogP) is 4.36. The van der Waals surface area contributed by atoms with Crippen LogP contribution in [-0.2, 0) is 0 Å². The Balaban J connectivity index is 2.08. The van der Waals surface area contributed by atoms with Crippen molar-refractivity contribution in [3.05, 3.63) is 59.7 Å². The van der Waals surface area contributed by atoms with E-state index in [1.54, 1.807) is 23.9 Å². The molecule has 0 saturated heterocycles. The molecule has 21 heavy (non-hydrogen) atoms. The quantitative estimate of drug-likeness (QED) is 0.769. The molecule has 0 fully saturated rings. The van der Waals surface area contributed by atoms with Gasteiger partial charge in [0.2, 0.25) is 0 Å². The van der Waals surface area contributed by atoms with Crippen LogP contribution < -0.4 is 5.32 Å². The van der Waals surface area contributed by atoms with Gasteiger partial charge < -0.3 is 5.32 Å². The fraction of sp³-hybridized carbons (Fsp3) is 0.353. The highest BCUT2D eigenvalue weighted by molar-refractivity contribution is 7.99. The van der Waals surface area contributed by atoms with E-state index in [9.17, 15) is 4.39 Å². The van der Waals surface area contributed by atoms with Crippen molar-refractivity contribution in [1.82, 2.24) is 10.3 Å². The lowest BCUT2D eigenvalue weighted by molar-refractivity contribution is 0.573. The summed E-state index contributed by atoms with van der Waals surface area (Å²) < 4.78 is 13.2. The van der Waals surface area contributed by atoms with Gasteiger partial charge in [-0.2, -0.15) is 0 Å². The highest BCUT2D eigenvalue weighted by atomic mass is 32.2. The molecule has 1 aromatic carbocycles. The van der Waals surface area contributed by atoms with E-state index in [0.717, 1.165) is 23.6 Å². The maximum absolute atomic E-state index is 13.2. The molecule has 0 aliphatic carbocycles. The van der Waals surface area contributed by atoms with Crippen LogP contribution in [0.15, 0.2) is 47.6 Å². The Kier molecular flexibility index (Phi) is 6.21. The summed E-state index contributed by atoms with van der Waals surface area (Å²) in [5.74, 6) is 0.673. The minimum Gasteiger partial charge on any atom is -0.309 e. The normalized spacial score (nSPS) is 12.3. The van der Waals surface area contributed by atoms with Gasteiger partial charge in [-0.05, 0) is 55.3 Å². The second-order valence-electron chi connectivity index (χ2n) is 5.01. The first kappa shape index (κ1) is 16.0. The number of aromatic nitrogens is 1. The molecular formula is C17H21FN2S. The summed E-state index contributed by atoms with van der Waals surface area (Å²) in [5.41, 5.74) is 2.45. The van der Waals surface area contributed by atoms with Gasteiger partial charge in [-0.25, -0.2) is 4.39 Å². The first-order valence-corrected chi connectivity index (χ1v) is 8.21. The molecule has 1 N–H and O–H groups in total. The van der Waals surface area contributed by atoms with Gasteiger partial charge in [-0.1, -0.05) is 13.0 Å². The molecular weight excluding hydrogens is 283 g/mol. The SMILES string of the molecule is CCCNC(CSc1cccc(F)c1)c1cnccc1C. The van der Waals surface area contributed by atoms with Crippen LogP contribution in [0.4, 0.5) is 4.39 Å². The molecule has 0 spiro atoms. The monoisotopic (exact) mass is 304 g/mol. The second kappa shape index (κ2) is 8.15. The average molecular weight is 304 g/mol. The Hall–Kier alpha value is -1.39. The molecule has 1 unspecified atom stereocenters. The molecule has 0 bridgehead atoms.